The van der Waals surface area contributed by atoms with Gasteiger partial charge in [0, 0.05) is 17.1 Å². The molecule has 4 aromatic rings. The van der Waals surface area contributed by atoms with E-state index in [1.54, 1.807) is 13.3 Å². The van der Waals surface area contributed by atoms with Gasteiger partial charge in [0.15, 0.2) is 0 Å². The molecule has 0 spiro atoms. The number of nitrogens with zero attached hydrogens (tertiary/aromatic N) is 1. The van der Waals surface area contributed by atoms with Gasteiger partial charge >= 0.3 is 0 Å². The molecule has 0 aliphatic rings. The van der Waals surface area contributed by atoms with Crippen LogP contribution in [0.2, 0.25) is 0 Å². The van der Waals surface area contributed by atoms with Crippen LogP contribution in [0, 0.1) is 0 Å². The van der Waals surface area contributed by atoms with Crippen LogP contribution in [0.15, 0.2) is 72.9 Å². The average Bonchev–Trinajstić information content (AvgIpc) is 2.67. The lowest BCUT2D eigenvalue weighted by Crippen LogP contribution is -2.12. The van der Waals surface area contributed by atoms with Gasteiger partial charge in [0.05, 0.1) is 12.8 Å². The molecule has 0 radical (unpaired) electrons. The Morgan fingerprint density at radius 1 is 0.920 bits per heavy atom. The first-order valence-electron chi connectivity index (χ1n) is 7.99. The van der Waals surface area contributed by atoms with Gasteiger partial charge in [0.2, 0.25) is 0 Å². The fourth-order valence-electron chi connectivity index (χ4n) is 3.03. The second kappa shape index (κ2) is 6.24. The average molecular weight is 328 g/mol. The molecule has 1 amide bonds. The number of carbonyl (C=O) groups is 1. The van der Waals surface area contributed by atoms with Crippen LogP contribution >= 0.6 is 0 Å². The topological polar surface area (TPSA) is 51.2 Å². The van der Waals surface area contributed by atoms with Crippen molar-refractivity contribution in [3.05, 3.63) is 78.5 Å². The van der Waals surface area contributed by atoms with Crippen LogP contribution in [0.1, 0.15) is 10.4 Å². The molecule has 0 saturated heterocycles. The Kier molecular flexibility index (Phi) is 3.78. The van der Waals surface area contributed by atoms with Crippen molar-refractivity contribution in [1.82, 2.24) is 4.98 Å². The van der Waals surface area contributed by atoms with Gasteiger partial charge in [-0.15, -0.1) is 0 Å². The fourth-order valence-corrected chi connectivity index (χ4v) is 3.03. The van der Waals surface area contributed by atoms with E-state index in [9.17, 15) is 4.79 Å². The van der Waals surface area contributed by atoms with E-state index in [4.69, 9.17) is 4.74 Å². The third-order valence-electron chi connectivity index (χ3n) is 4.24. The van der Waals surface area contributed by atoms with Gasteiger partial charge in [-0.2, -0.15) is 0 Å². The summed E-state index contributed by atoms with van der Waals surface area (Å²) in [5, 5.41) is 5.82. The Labute approximate surface area is 145 Å². The minimum atomic E-state index is -0.146. The van der Waals surface area contributed by atoms with Crippen molar-refractivity contribution in [3.63, 3.8) is 0 Å². The number of methoxy groups -OCH3 is 1. The highest BCUT2D eigenvalue weighted by Gasteiger charge is 2.13. The normalized spacial score (nSPS) is 10.8. The minimum Gasteiger partial charge on any atom is -0.494 e. The number of amides is 1. The molecule has 3 aromatic carbocycles. The van der Waals surface area contributed by atoms with E-state index < -0.39 is 0 Å². The summed E-state index contributed by atoms with van der Waals surface area (Å²) in [7, 11) is 1.61. The summed E-state index contributed by atoms with van der Waals surface area (Å²) in [6, 6.07) is 21.0. The molecule has 0 atom stereocenters. The molecule has 0 saturated carbocycles. The lowest BCUT2D eigenvalue weighted by atomic mass is 10.0. The van der Waals surface area contributed by atoms with Gasteiger partial charge in [-0.25, -0.2) is 0 Å². The second-order valence-corrected chi connectivity index (χ2v) is 5.70. The van der Waals surface area contributed by atoms with Crippen LogP contribution in [0.25, 0.3) is 21.7 Å². The highest BCUT2D eigenvalue weighted by Crippen LogP contribution is 2.30. The summed E-state index contributed by atoms with van der Waals surface area (Å²) in [5.41, 5.74) is 2.08. The summed E-state index contributed by atoms with van der Waals surface area (Å²) < 4.78 is 5.35. The van der Waals surface area contributed by atoms with Gasteiger partial charge < -0.3 is 10.1 Å². The predicted molar refractivity (Wildman–Crippen MR) is 100 cm³/mol. The molecule has 4 rings (SSSR count). The molecule has 25 heavy (non-hydrogen) atoms. The zero-order chi connectivity index (χ0) is 17.2. The lowest BCUT2D eigenvalue weighted by Gasteiger charge is -2.12. The zero-order valence-electron chi connectivity index (χ0n) is 13.7. The number of aromatic nitrogens is 1. The smallest absolute Gasteiger partial charge is 0.256 e. The van der Waals surface area contributed by atoms with Crippen LogP contribution in [0.3, 0.4) is 0 Å². The van der Waals surface area contributed by atoms with Gasteiger partial charge in [-0.1, -0.05) is 36.4 Å². The van der Waals surface area contributed by atoms with E-state index in [1.807, 2.05) is 66.7 Å². The van der Waals surface area contributed by atoms with Gasteiger partial charge in [0.25, 0.3) is 5.91 Å². The number of carbonyl (C=O) groups excluding carboxylic acids is 1. The Morgan fingerprint density at radius 2 is 1.72 bits per heavy atom. The molecule has 1 aromatic heterocycles. The predicted octanol–water partition coefficient (Wildman–Crippen LogP) is 4.65. The minimum absolute atomic E-state index is 0.146. The number of pyridine rings is 1. The van der Waals surface area contributed by atoms with Crippen molar-refractivity contribution in [3.8, 4) is 5.75 Å². The number of rotatable bonds is 3. The first-order valence-corrected chi connectivity index (χ1v) is 7.99. The maximum absolute atomic E-state index is 12.9. The van der Waals surface area contributed by atoms with Crippen molar-refractivity contribution in [2.45, 2.75) is 0 Å². The number of ether oxygens (including phenoxy) is 1. The van der Waals surface area contributed by atoms with Crippen LogP contribution in [-0.4, -0.2) is 18.0 Å². The Hall–Kier alpha value is -3.40. The quantitative estimate of drug-likeness (QED) is 0.595. The number of hydrogen-bond acceptors (Lipinski definition) is 3. The second-order valence-electron chi connectivity index (χ2n) is 5.70. The summed E-state index contributed by atoms with van der Waals surface area (Å²) in [5.74, 6) is 0.533. The van der Waals surface area contributed by atoms with Crippen molar-refractivity contribution in [1.29, 1.82) is 0 Å². The Bertz CT molecular complexity index is 1080. The van der Waals surface area contributed by atoms with Gasteiger partial charge in [-0.05, 0) is 41.1 Å². The lowest BCUT2D eigenvalue weighted by molar-refractivity contribution is 0.102. The maximum atomic E-state index is 12.9. The maximum Gasteiger partial charge on any atom is 0.256 e. The highest BCUT2D eigenvalue weighted by molar-refractivity contribution is 6.15. The highest BCUT2D eigenvalue weighted by atomic mass is 16.5. The molecule has 1 N–H and O–H groups in total. The summed E-state index contributed by atoms with van der Waals surface area (Å²) in [6.45, 7) is 0. The van der Waals surface area contributed by atoms with Crippen LogP contribution in [0.4, 0.5) is 5.69 Å². The molecule has 4 nitrogen and oxygen atoms in total. The first kappa shape index (κ1) is 15.1. The van der Waals surface area contributed by atoms with E-state index in [2.05, 4.69) is 10.3 Å². The van der Waals surface area contributed by atoms with Crippen molar-refractivity contribution in [2.75, 3.05) is 12.4 Å². The summed E-state index contributed by atoms with van der Waals surface area (Å²) in [6.07, 6.45) is 1.71. The van der Waals surface area contributed by atoms with E-state index in [0.29, 0.717) is 17.0 Å². The van der Waals surface area contributed by atoms with Gasteiger partial charge in [-0.3, -0.25) is 9.78 Å². The van der Waals surface area contributed by atoms with E-state index in [-0.39, 0.29) is 5.91 Å². The third-order valence-corrected chi connectivity index (χ3v) is 4.24. The SMILES string of the molecule is COc1ccc(NC(=O)c2cccc3ccccc23)c2cccnc12. The molecule has 0 bridgehead atoms. The van der Waals surface area contributed by atoms with Crippen LogP contribution in [-0.2, 0) is 0 Å². The third kappa shape index (κ3) is 2.68. The Balaban J connectivity index is 1.78. The van der Waals surface area contributed by atoms with Crippen molar-refractivity contribution >= 4 is 33.3 Å². The van der Waals surface area contributed by atoms with E-state index >= 15 is 0 Å². The molecule has 4 heteroatoms. The van der Waals surface area contributed by atoms with Crippen LogP contribution < -0.4 is 10.1 Å². The summed E-state index contributed by atoms with van der Waals surface area (Å²) >= 11 is 0. The first-order chi connectivity index (χ1) is 12.3. The Morgan fingerprint density at radius 3 is 2.60 bits per heavy atom. The van der Waals surface area contributed by atoms with Crippen molar-refractivity contribution < 1.29 is 9.53 Å². The standard InChI is InChI=1S/C21H16N2O2/c1-25-19-12-11-18(17-10-5-13-22-20(17)19)23-21(24)16-9-4-7-14-6-2-3-8-15(14)16/h2-13H,1H3,(H,23,24). The van der Waals surface area contributed by atoms with Crippen molar-refractivity contribution in [2.24, 2.45) is 0 Å². The monoisotopic (exact) mass is 328 g/mol. The fraction of sp³-hybridized carbons (Fsp3) is 0.0476. The molecule has 0 aliphatic carbocycles. The number of fused-ring (bicyclic) bond motifs is 2. The molecule has 0 fully saturated rings. The number of nitrogens with one attached hydrogen (secondary N) is 1. The molecule has 122 valence electrons. The summed E-state index contributed by atoms with van der Waals surface area (Å²) in [4.78, 5) is 17.2. The van der Waals surface area contributed by atoms with E-state index in [1.165, 1.54) is 0 Å². The zero-order valence-corrected chi connectivity index (χ0v) is 13.7. The molecular formula is C21H16N2O2. The molecule has 0 unspecified atom stereocenters. The molecular weight excluding hydrogens is 312 g/mol. The molecule has 0 aliphatic heterocycles. The number of hydrogen-bond donors (Lipinski definition) is 1. The number of anilines is 1. The largest absolute Gasteiger partial charge is 0.494 e. The number of benzene rings is 3. The van der Waals surface area contributed by atoms with Gasteiger partial charge in [0.1, 0.15) is 11.3 Å². The van der Waals surface area contributed by atoms with Crippen LogP contribution in [0.5, 0.6) is 5.75 Å². The van der Waals surface area contributed by atoms with E-state index in [0.717, 1.165) is 21.7 Å². The molecule has 1 heterocycles.